The van der Waals surface area contributed by atoms with Gasteiger partial charge in [-0.2, -0.15) is 0 Å². The van der Waals surface area contributed by atoms with Crippen LogP contribution in [-0.2, 0) is 33.0 Å². The predicted molar refractivity (Wildman–Crippen MR) is 129 cm³/mol. The van der Waals surface area contributed by atoms with Gasteiger partial charge in [-0.05, 0) is 50.0 Å². The van der Waals surface area contributed by atoms with Crippen LogP contribution in [0.25, 0.3) is 0 Å². The Morgan fingerprint density at radius 2 is 1.89 bits per heavy atom. The molecule has 0 bridgehead atoms. The molecule has 2 aliphatic carbocycles. The number of carbonyl (C=O) groups is 2. The second kappa shape index (κ2) is 8.12. The highest BCUT2D eigenvalue weighted by molar-refractivity contribution is 5.89. The van der Waals surface area contributed by atoms with E-state index in [4.69, 9.17) is 14.2 Å². The summed E-state index contributed by atoms with van der Waals surface area (Å²) >= 11 is 0. The lowest BCUT2D eigenvalue weighted by atomic mass is 9.50. The van der Waals surface area contributed by atoms with E-state index in [1.807, 2.05) is 55.5 Å². The van der Waals surface area contributed by atoms with Crippen LogP contribution in [0.3, 0.4) is 0 Å². The van der Waals surface area contributed by atoms with Gasteiger partial charge in [-0.25, -0.2) is 0 Å². The monoisotopic (exact) mass is 477 g/mol. The summed E-state index contributed by atoms with van der Waals surface area (Å²) in [6, 6.07) is 13.2. The highest BCUT2D eigenvalue weighted by Crippen LogP contribution is 2.70. The van der Waals surface area contributed by atoms with Crippen molar-refractivity contribution in [3.05, 3.63) is 71.3 Å². The van der Waals surface area contributed by atoms with Crippen LogP contribution >= 0.6 is 0 Å². The number of rotatable bonds is 5. The van der Waals surface area contributed by atoms with Crippen molar-refractivity contribution >= 4 is 11.9 Å². The fourth-order valence-corrected chi connectivity index (χ4v) is 6.77. The minimum absolute atomic E-state index is 0.159. The van der Waals surface area contributed by atoms with Crippen LogP contribution in [0.15, 0.2) is 54.6 Å². The van der Waals surface area contributed by atoms with E-state index in [2.05, 4.69) is 0 Å². The van der Waals surface area contributed by atoms with Crippen molar-refractivity contribution in [3.63, 3.8) is 0 Å². The predicted octanol–water partition coefficient (Wildman–Crippen LogP) is 3.72. The number of hydrogen-bond donors (Lipinski definition) is 1. The molecule has 0 radical (unpaired) electrons. The molecule has 35 heavy (non-hydrogen) atoms. The van der Waals surface area contributed by atoms with Crippen molar-refractivity contribution in [2.24, 2.45) is 10.8 Å². The molecule has 1 aliphatic heterocycles. The Kier molecular flexibility index (Phi) is 5.44. The molecule has 7 heteroatoms. The molecule has 4 atom stereocenters. The van der Waals surface area contributed by atoms with E-state index in [9.17, 15) is 14.7 Å². The number of benzene rings is 2. The zero-order valence-electron chi connectivity index (χ0n) is 20.5. The number of likely N-dealkylation sites (tertiary alicyclic amines) is 1. The number of fused-ring (bicyclic) bond motifs is 2. The third kappa shape index (κ3) is 2.94. The topological polar surface area (TPSA) is 85.3 Å². The third-order valence-electron chi connectivity index (χ3n) is 8.31. The summed E-state index contributed by atoms with van der Waals surface area (Å²) in [6.07, 6.45) is 4.36. The number of nitrogens with zero attached hydrogens (tertiary/aromatic N) is 1. The number of ether oxygens (including phenoxy) is 3. The fourth-order valence-electron chi connectivity index (χ4n) is 6.77. The third-order valence-corrected chi connectivity index (χ3v) is 8.31. The summed E-state index contributed by atoms with van der Waals surface area (Å²) in [5.41, 5.74) is -1.52. The van der Waals surface area contributed by atoms with E-state index >= 15 is 0 Å². The fraction of sp³-hybridized carbons (Fsp3) is 0.429. The molecule has 2 aromatic rings. The highest BCUT2D eigenvalue weighted by Gasteiger charge is 2.78. The molecule has 2 aromatic carbocycles. The Bertz CT molecular complexity index is 1210. The first kappa shape index (κ1) is 23.4. The van der Waals surface area contributed by atoms with Crippen LogP contribution < -0.4 is 9.47 Å². The normalized spacial score (nSPS) is 30.8. The van der Waals surface area contributed by atoms with Gasteiger partial charge >= 0.3 is 5.97 Å². The van der Waals surface area contributed by atoms with Crippen molar-refractivity contribution in [2.45, 2.75) is 51.5 Å². The molecule has 3 aliphatic rings. The van der Waals surface area contributed by atoms with Crippen molar-refractivity contribution in [1.29, 1.82) is 0 Å². The summed E-state index contributed by atoms with van der Waals surface area (Å²) in [7, 11) is 3.15. The smallest absolute Gasteiger partial charge is 0.303 e. The second-order valence-electron chi connectivity index (χ2n) is 9.84. The molecule has 2 unspecified atom stereocenters. The molecule has 1 saturated heterocycles. The summed E-state index contributed by atoms with van der Waals surface area (Å²) in [5.74, 6) is 0.498. The van der Waals surface area contributed by atoms with Crippen molar-refractivity contribution in [2.75, 3.05) is 14.2 Å². The molecule has 1 fully saturated rings. The molecule has 7 nitrogen and oxygen atoms in total. The number of aliphatic hydroxyl groups is 1. The summed E-state index contributed by atoms with van der Waals surface area (Å²) in [6.45, 7) is 3.48. The lowest BCUT2D eigenvalue weighted by Gasteiger charge is -2.56. The van der Waals surface area contributed by atoms with Crippen molar-refractivity contribution < 1.29 is 28.9 Å². The first-order chi connectivity index (χ1) is 16.7. The molecule has 1 heterocycles. The van der Waals surface area contributed by atoms with Crippen molar-refractivity contribution in [1.82, 2.24) is 4.90 Å². The average Bonchev–Trinajstić information content (AvgIpc) is 3.00. The maximum Gasteiger partial charge on any atom is 0.303 e. The first-order valence-electron chi connectivity index (χ1n) is 11.9. The van der Waals surface area contributed by atoms with Crippen LogP contribution in [-0.4, -0.2) is 42.2 Å². The van der Waals surface area contributed by atoms with Gasteiger partial charge in [0.05, 0.1) is 25.0 Å². The van der Waals surface area contributed by atoms with E-state index in [1.54, 1.807) is 25.2 Å². The largest absolute Gasteiger partial charge is 0.493 e. The average molecular weight is 478 g/mol. The Balaban J connectivity index is 1.80. The number of methoxy groups -OCH3 is 2. The second-order valence-corrected chi connectivity index (χ2v) is 9.84. The maximum atomic E-state index is 14.3. The Morgan fingerprint density at radius 3 is 2.54 bits per heavy atom. The van der Waals surface area contributed by atoms with Crippen molar-refractivity contribution in [3.8, 4) is 11.5 Å². The number of carbonyl (C=O) groups excluding carboxylic acids is 2. The van der Waals surface area contributed by atoms with Gasteiger partial charge in [0, 0.05) is 24.6 Å². The summed E-state index contributed by atoms with van der Waals surface area (Å²) < 4.78 is 17.1. The molecule has 0 saturated carbocycles. The SMILES string of the molecule is COc1ccc2c(c1OC)CCC13[C@@H](OC(C)=O)C=CC[C@@]1(C)C(=O)N(Cc1ccccc1)C23O. The summed E-state index contributed by atoms with van der Waals surface area (Å²) in [5, 5.41) is 13.0. The molecular formula is C28H31NO6. The highest BCUT2D eigenvalue weighted by atomic mass is 16.5. The van der Waals surface area contributed by atoms with E-state index in [-0.39, 0.29) is 12.5 Å². The Labute approximate surface area is 205 Å². The van der Waals surface area contributed by atoms with Crippen LogP contribution in [0.2, 0.25) is 0 Å². The molecule has 0 aromatic heterocycles. The standard InChI is InChI=1S/C28H31NO6/c1-18(30)35-23-11-8-15-26(2)25(31)29(17-19-9-6-5-7-10-19)28(32)21-12-13-22(33-3)24(34-4)20(21)14-16-27(23,26)28/h5-13,23,32H,14-17H2,1-4H3/t23-,26-,27?,28?/m0/s1. The van der Waals surface area contributed by atoms with Crippen LogP contribution in [0.4, 0.5) is 0 Å². The first-order valence-corrected chi connectivity index (χ1v) is 11.9. The molecule has 5 rings (SSSR count). The minimum Gasteiger partial charge on any atom is -0.493 e. The molecule has 1 N–H and O–H groups in total. The van der Waals surface area contributed by atoms with Crippen LogP contribution in [0.1, 0.15) is 43.4 Å². The Morgan fingerprint density at radius 1 is 1.14 bits per heavy atom. The van der Waals surface area contributed by atoms with Gasteiger partial charge in [0.15, 0.2) is 17.2 Å². The summed E-state index contributed by atoms with van der Waals surface area (Å²) in [4.78, 5) is 28.1. The van der Waals surface area contributed by atoms with Gasteiger partial charge < -0.3 is 24.2 Å². The molecule has 184 valence electrons. The molecular weight excluding hydrogens is 446 g/mol. The zero-order valence-corrected chi connectivity index (χ0v) is 20.5. The van der Waals surface area contributed by atoms with Gasteiger partial charge in [0.2, 0.25) is 5.91 Å². The van der Waals surface area contributed by atoms with Gasteiger partial charge in [-0.15, -0.1) is 0 Å². The van der Waals surface area contributed by atoms with Crippen LogP contribution in [0.5, 0.6) is 11.5 Å². The molecule has 1 spiro atoms. The number of hydrogen-bond acceptors (Lipinski definition) is 6. The lowest BCUT2D eigenvalue weighted by Crippen LogP contribution is -2.63. The van der Waals surface area contributed by atoms with E-state index < -0.39 is 28.6 Å². The number of amides is 1. The van der Waals surface area contributed by atoms with Gasteiger partial charge in [0.25, 0.3) is 0 Å². The maximum absolute atomic E-state index is 14.3. The van der Waals surface area contributed by atoms with E-state index in [0.29, 0.717) is 36.3 Å². The van der Waals surface area contributed by atoms with Gasteiger partial charge in [-0.1, -0.05) is 36.4 Å². The Hall–Kier alpha value is -3.32. The van der Waals surface area contributed by atoms with E-state index in [0.717, 1.165) is 11.1 Å². The minimum atomic E-state index is -1.74. The van der Waals surface area contributed by atoms with E-state index in [1.165, 1.54) is 6.92 Å². The quantitative estimate of drug-likeness (QED) is 0.522. The lowest BCUT2D eigenvalue weighted by molar-refractivity contribution is -0.230. The number of allylic oxidation sites excluding steroid dienone is 1. The number of esters is 1. The zero-order chi connectivity index (χ0) is 25.0. The molecule has 1 amide bonds. The van der Waals surface area contributed by atoms with Gasteiger partial charge in [0.1, 0.15) is 6.10 Å². The van der Waals surface area contributed by atoms with Gasteiger partial charge in [-0.3, -0.25) is 9.59 Å². The van der Waals surface area contributed by atoms with Crippen LogP contribution in [0, 0.1) is 10.8 Å².